The van der Waals surface area contributed by atoms with Crippen molar-refractivity contribution in [1.82, 2.24) is 20.5 Å². The summed E-state index contributed by atoms with van der Waals surface area (Å²) in [6.45, 7) is 5.52. The predicted molar refractivity (Wildman–Crippen MR) is 105 cm³/mol. The number of hydrogen-bond acceptors (Lipinski definition) is 4. The van der Waals surface area contributed by atoms with Gasteiger partial charge in [0, 0.05) is 29.5 Å². The van der Waals surface area contributed by atoms with Crippen LogP contribution < -0.4 is 10.6 Å². The highest BCUT2D eigenvalue weighted by Gasteiger charge is 2.41. The van der Waals surface area contributed by atoms with E-state index in [0.29, 0.717) is 10.7 Å². The summed E-state index contributed by atoms with van der Waals surface area (Å²) in [7, 11) is 1.61. The number of nitrogens with one attached hydrogen (secondary N) is 3. The number of rotatable bonds is 3. The van der Waals surface area contributed by atoms with Gasteiger partial charge in [-0.1, -0.05) is 11.6 Å². The molecule has 0 bridgehead atoms. The molecule has 0 unspecified atom stereocenters. The van der Waals surface area contributed by atoms with Gasteiger partial charge in [0.15, 0.2) is 0 Å². The van der Waals surface area contributed by atoms with Gasteiger partial charge in [0.25, 0.3) is 5.91 Å². The highest BCUT2D eigenvalue weighted by Crippen LogP contribution is 2.20. The number of aromatic nitrogens is 1. The van der Waals surface area contributed by atoms with Gasteiger partial charge in [0.1, 0.15) is 17.3 Å². The average molecular weight is 407 g/mol. The van der Waals surface area contributed by atoms with E-state index in [2.05, 4.69) is 15.6 Å². The second-order valence-electron chi connectivity index (χ2n) is 7.84. The van der Waals surface area contributed by atoms with Crippen LogP contribution in [0.5, 0.6) is 0 Å². The molecule has 150 valence electrons. The Labute approximate surface area is 167 Å². The van der Waals surface area contributed by atoms with Gasteiger partial charge in [-0.2, -0.15) is 0 Å². The number of carbonyl (C=O) groups excluding carboxylic acids is 3. The highest BCUT2D eigenvalue weighted by molar-refractivity contribution is 6.31. The Balaban J connectivity index is 1.74. The molecule has 1 aromatic carbocycles. The molecule has 0 radical (unpaired) electrons. The maximum absolute atomic E-state index is 12.7. The molecule has 3 amide bonds. The molecule has 3 N–H and O–H groups in total. The zero-order chi connectivity index (χ0) is 20.6. The Bertz CT molecular complexity index is 934. The molecule has 1 aromatic heterocycles. The Morgan fingerprint density at radius 3 is 2.64 bits per heavy atom. The molecule has 1 aliphatic rings. The molecule has 1 aliphatic heterocycles. The summed E-state index contributed by atoms with van der Waals surface area (Å²) in [4.78, 5) is 41.7. The number of alkyl carbamates (subject to hydrolysis) is 1. The Hall–Kier alpha value is -2.74. The van der Waals surface area contributed by atoms with Crippen LogP contribution in [-0.4, -0.2) is 59.1 Å². The Morgan fingerprint density at radius 1 is 1.25 bits per heavy atom. The molecule has 0 saturated carbocycles. The summed E-state index contributed by atoms with van der Waals surface area (Å²) >= 11 is 5.98. The van der Waals surface area contributed by atoms with Crippen molar-refractivity contribution in [3.05, 3.63) is 35.0 Å². The number of aromatic amines is 1. The van der Waals surface area contributed by atoms with Crippen molar-refractivity contribution in [1.29, 1.82) is 0 Å². The van der Waals surface area contributed by atoms with Crippen LogP contribution in [0.1, 0.15) is 31.3 Å². The van der Waals surface area contributed by atoms with E-state index < -0.39 is 29.7 Å². The minimum Gasteiger partial charge on any atom is -0.444 e. The van der Waals surface area contributed by atoms with Crippen molar-refractivity contribution < 1.29 is 19.1 Å². The number of H-pyrrole nitrogens is 1. The molecule has 0 spiro atoms. The van der Waals surface area contributed by atoms with Gasteiger partial charge >= 0.3 is 6.09 Å². The zero-order valence-corrected chi connectivity index (χ0v) is 16.9. The fourth-order valence-electron chi connectivity index (χ4n) is 3.10. The summed E-state index contributed by atoms with van der Waals surface area (Å²) in [6, 6.07) is 5.41. The summed E-state index contributed by atoms with van der Waals surface area (Å²) in [5, 5.41) is 6.73. The number of carbonyl (C=O) groups is 3. The summed E-state index contributed by atoms with van der Waals surface area (Å²) in [5.74, 6) is -0.731. The molecule has 3 rings (SSSR count). The lowest BCUT2D eigenvalue weighted by molar-refractivity contribution is -0.128. The van der Waals surface area contributed by atoms with E-state index in [4.69, 9.17) is 16.3 Å². The highest BCUT2D eigenvalue weighted by atomic mass is 35.5. The molecule has 2 heterocycles. The summed E-state index contributed by atoms with van der Waals surface area (Å²) < 4.78 is 5.25. The van der Waals surface area contributed by atoms with Crippen molar-refractivity contribution in [3.63, 3.8) is 0 Å². The van der Waals surface area contributed by atoms with E-state index >= 15 is 0 Å². The third kappa shape index (κ3) is 4.39. The van der Waals surface area contributed by atoms with Crippen molar-refractivity contribution >= 4 is 40.4 Å². The van der Waals surface area contributed by atoms with Gasteiger partial charge in [-0.15, -0.1) is 0 Å². The van der Waals surface area contributed by atoms with E-state index in [-0.39, 0.29) is 12.5 Å². The molecule has 1 fully saturated rings. The Morgan fingerprint density at radius 2 is 1.96 bits per heavy atom. The van der Waals surface area contributed by atoms with Crippen LogP contribution >= 0.6 is 11.6 Å². The largest absolute Gasteiger partial charge is 0.444 e. The Kier molecular flexibility index (Phi) is 5.25. The molecule has 9 heteroatoms. The summed E-state index contributed by atoms with van der Waals surface area (Å²) in [6.07, 6.45) is -0.639. The van der Waals surface area contributed by atoms with Crippen LogP contribution in [0.4, 0.5) is 4.79 Å². The smallest absolute Gasteiger partial charge is 0.408 e. The van der Waals surface area contributed by atoms with Crippen molar-refractivity contribution in [2.75, 3.05) is 13.6 Å². The second-order valence-corrected chi connectivity index (χ2v) is 8.27. The van der Waals surface area contributed by atoms with Gasteiger partial charge in [-0.25, -0.2) is 4.79 Å². The van der Waals surface area contributed by atoms with E-state index in [1.165, 1.54) is 4.90 Å². The monoisotopic (exact) mass is 406 g/mol. The number of amides is 3. The molecule has 8 nitrogen and oxygen atoms in total. The van der Waals surface area contributed by atoms with Crippen LogP contribution in [0.2, 0.25) is 5.02 Å². The number of benzene rings is 1. The molecule has 2 atom stereocenters. The van der Waals surface area contributed by atoms with Gasteiger partial charge in [-0.05, 0) is 45.0 Å². The number of likely N-dealkylation sites (N-methyl/N-ethyl adjacent to an activating group) is 1. The average Bonchev–Trinajstić information content (AvgIpc) is 3.09. The normalized spacial score (nSPS) is 19.8. The van der Waals surface area contributed by atoms with E-state index in [1.807, 2.05) is 0 Å². The number of likely N-dealkylation sites (tertiary alicyclic amines) is 1. The lowest BCUT2D eigenvalue weighted by Gasteiger charge is -2.23. The third-order valence-electron chi connectivity index (χ3n) is 4.33. The van der Waals surface area contributed by atoms with E-state index in [0.717, 1.165) is 10.9 Å². The quantitative estimate of drug-likeness (QED) is 0.727. The van der Waals surface area contributed by atoms with E-state index in [9.17, 15) is 14.4 Å². The first kappa shape index (κ1) is 20.0. The zero-order valence-electron chi connectivity index (χ0n) is 16.1. The minimum atomic E-state index is -0.889. The van der Waals surface area contributed by atoms with Crippen LogP contribution in [0.25, 0.3) is 10.9 Å². The predicted octanol–water partition coefficient (Wildman–Crippen LogP) is 2.29. The number of hydrogen-bond donors (Lipinski definition) is 3. The number of ether oxygens (including phenoxy) is 1. The van der Waals surface area contributed by atoms with Crippen molar-refractivity contribution in [2.45, 2.75) is 38.5 Å². The standard InChI is InChI=1S/C19H23ClN4O4/c1-19(2,3)28-18(27)22-14-9-24(4)17(26)15(14)23-16(25)13-8-10-7-11(20)5-6-12(10)21-13/h5-8,14-15,21H,9H2,1-4H3,(H,22,27)(H,23,25)/t14-,15+/m1/s1. The summed E-state index contributed by atoms with van der Waals surface area (Å²) in [5.41, 5.74) is 0.395. The fourth-order valence-corrected chi connectivity index (χ4v) is 3.28. The van der Waals surface area contributed by atoms with Gasteiger partial charge in [0.05, 0.1) is 6.04 Å². The lowest BCUT2D eigenvalue weighted by atomic mass is 10.1. The van der Waals surface area contributed by atoms with Crippen molar-refractivity contribution in [2.24, 2.45) is 0 Å². The first-order chi connectivity index (χ1) is 13.0. The number of nitrogens with zero attached hydrogens (tertiary/aromatic N) is 1. The van der Waals surface area contributed by atoms with Crippen LogP contribution in [0.15, 0.2) is 24.3 Å². The second kappa shape index (κ2) is 7.35. The van der Waals surface area contributed by atoms with Crippen LogP contribution in [0.3, 0.4) is 0 Å². The topological polar surface area (TPSA) is 104 Å². The van der Waals surface area contributed by atoms with E-state index in [1.54, 1.807) is 52.1 Å². The number of halogens is 1. The third-order valence-corrected chi connectivity index (χ3v) is 4.57. The van der Waals surface area contributed by atoms with Gasteiger partial charge in [0.2, 0.25) is 5.91 Å². The maximum atomic E-state index is 12.7. The first-order valence-corrected chi connectivity index (χ1v) is 9.25. The molecule has 1 saturated heterocycles. The van der Waals surface area contributed by atoms with Crippen molar-refractivity contribution in [3.8, 4) is 0 Å². The molecule has 2 aromatic rings. The van der Waals surface area contributed by atoms with Gasteiger partial charge in [-0.3, -0.25) is 9.59 Å². The molecule has 0 aliphatic carbocycles. The lowest BCUT2D eigenvalue weighted by Crippen LogP contribution is -2.53. The number of fused-ring (bicyclic) bond motifs is 1. The first-order valence-electron chi connectivity index (χ1n) is 8.87. The van der Waals surface area contributed by atoms with Crippen LogP contribution in [-0.2, 0) is 9.53 Å². The SMILES string of the molecule is CN1C[C@@H](NC(=O)OC(C)(C)C)[C@H](NC(=O)c2cc3cc(Cl)ccc3[nH]2)C1=O. The molecular weight excluding hydrogens is 384 g/mol. The molecular formula is C19H23ClN4O4. The maximum Gasteiger partial charge on any atom is 0.408 e. The van der Waals surface area contributed by atoms with Crippen LogP contribution in [0, 0.1) is 0 Å². The fraction of sp³-hybridized carbons (Fsp3) is 0.421. The molecule has 28 heavy (non-hydrogen) atoms. The minimum absolute atomic E-state index is 0.269. The van der Waals surface area contributed by atoms with Gasteiger partial charge < -0.3 is 25.3 Å².